The average Bonchev–Trinajstić information content (AvgIpc) is 2.03. The maximum atomic E-state index is 12.4. The summed E-state index contributed by atoms with van der Waals surface area (Å²) in [6.45, 7) is 0. The standard InChI is InChI=1S/C8H5BrF2O/c9-8(10,11)7(12)6-4-2-1-3-5-6/h1-5H. The Kier molecular flexibility index (Phi) is 2.57. The van der Waals surface area contributed by atoms with Crippen molar-refractivity contribution in [1.82, 2.24) is 0 Å². The van der Waals surface area contributed by atoms with E-state index in [4.69, 9.17) is 0 Å². The minimum Gasteiger partial charge on any atom is -0.286 e. The molecular formula is C8H5BrF2O. The molecule has 1 aromatic rings. The van der Waals surface area contributed by atoms with Crippen molar-refractivity contribution in [2.24, 2.45) is 0 Å². The minimum absolute atomic E-state index is 0.000579. The van der Waals surface area contributed by atoms with E-state index >= 15 is 0 Å². The highest BCUT2D eigenvalue weighted by Crippen LogP contribution is 2.26. The predicted octanol–water partition coefficient (Wildman–Crippen LogP) is 2.86. The quantitative estimate of drug-likeness (QED) is 0.569. The summed E-state index contributed by atoms with van der Waals surface area (Å²) in [6.07, 6.45) is 0. The summed E-state index contributed by atoms with van der Waals surface area (Å²) in [5, 5.41) is 0. The Hall–Kier alpha value is -0.770. The van der Waals surface area contributed by atoms with Crippen LogP contribution >= 0.6 is 15.9 Å². The van der Waals surface area contributed by atoms with Gasteiger partial charge < -0.3 is 0 Å². The van der Waals surface area contributed by atoms with E-state index in [9.17, 15) is 13.6 Å². The normalized spacial score (nSPS) is 11.2. The Bertz CT molecular complexity index is 279. The molecule has 0 spiro atoms. The molecule has 0 aliphatic heterocycles. The van der Waals surface area contributed by atoms with Crippen LogP contribution in [0, 0.1) is 0 Å². The molecule has 12 heavy (non-hydrogen) atoms. The van der Waals surface area contributed by atoms with Crippen LogP contribution in [-0.4, -0.2) is 10.6 Å². The Morgan fingerprint density at radius 2 is 1.75 bits per heavy atom. The van der Waals surface area contributed by atoms with Gasteiger partial charge in [-0.25, -0.2) is 0 Å². The van der Waals surface area contributed by atoms with Crippen LogP contribution < -0.4 is 0 Å². The van der Waals surface area contributed by atoms with Crippen LogP contribution in [0.5, 0.6) is 0 Å². The van der Waals surface area contributed by atoms with Crippen molar-refractivity contribution in [2.75, 3.05) is 0 Å². The lowest BCUT2D eigenvalue weighted by atomic mass is 10.1. The predicted molar refractivity (Wildman–Crippen MR) is 44.6 cm³/mol. The molecule has 0 unspecified atom stereocenters. The van der Waals surface area contributed by atoms with Crippen LogP contribution in [0.15, 0.2) is 30.3 Å². The molecule has 0 bridgehead atoms. The first-order valence-corrected chi connectivity index (χ1v) is 3.97. The van der Waals surface area contributed by atoms with Gasteiger partial charge in [-0.15, -0.1) is 0 Å². The fraction of sp³-hybridized carbons (Fsp3) is 0.125. The van der Waals surface area contributed by atoms with E-state index in [1.165, 1.54) is 24.3 Å². The Morgan fingerprint density at radius 1 is 1.25 bits per heavy atom. The fourth-order valence-electron chi connectivity index (χ4n) is 0.753. The van der Waals surface area contributed by atoms with Gasteiger partial charge in [0.2, 0.25) is 5.78 Å². The maximum Gasteiger partial charge on any atom is 0.363 e. The van der Waals surface area contributed by atoms with Gasteiger partial charge in [-0.3, -0.25) is 4.79 Å². The molecule has 0 aliphatic carbocycles. The second-order valence-electron chi connectivity index (χ2n) is 2.19. The van der Waals surface area contributed by atoms with E-state index in [0.717, 1.165) is 0 Å². The van der Waals surface area contributed by atoms with Crippen LogP contribution in [0.1, 0.15) is 10.4 Å². The van der Waals surface area contributed by atoms with E-state index in [1.807, 2.05) is 15.9 Å². The summed E-state index contributed by atoms with van der Waals surface area (Å²) in [5.74, 6) is -1.22. The first-order valence-electron chi connectivity index (χ1n) is 3.18. The van der Waals surface area contributed by atoms with Crippen molar-refractivity contribution in [3.63, 3.8) is 0 Å². The molecule has 0 amide bonds. The molecular weight excluding hydrogens is 230 g/mol. The monoisotopic (exact) mass is 234 g/mol. The number of benzene rings is 1. The molecule has 64 valence electrons. The highest BCUT2D eigenvalue weighted by atomic mass is 79.9. The topological polar surface area (TPSA) is 17.1 Å². The fourth-order valence-corrected chi connectivity index (χ4v) is 0.982. The van der Waals surface area contributed by atoms with Gasteiger partial charge in [-0.1, -0.05) is 30.3 Å². The zero-order valence-electron chi connectivity index (χ0n) is 5.93. The summed E-state index contributed by atoms with van der Waals surface area (Å²) in [7, 11) is 0. The van der Waals surface area contributed by atoms with E-state index in [1.54, 1.807) is 6.07 Å². The van der Waals surface area contributed by atoms with E-state index in [2.05, 4.69) is 0 Å². The lowest BCUT2D eigenvalue weighted by molar-refractivity contribution is 0.0592. The number of carbonyl (C=O) groups is 1. The number of Topliss-reactive ketones (excluding diaryl/α,β-unsaturated/α-hetero) is 1. The van der Waals surface area contributed by atoms with Gasteiger partial charge in [0.05, 0.1) is 0 Å². The van der Waals surface area contributed by atoms with Gasteiger partial charge in [-0.05, 0) is 15.9 Å². The highest BCUT2D eigenvalue weighted by molar-refractivity contribution is 9.10. The number of hydrogen-bond acceptors (Lipinski definition) is 1. The average molecular weight is 235 g/mol. The molecule has 1 nitrogen and oxygen atoms in total. The summed E-state index contributed by atoms with van der Waals surface area (Å²) in [4.78, 5) is 7.41. The number of ketones is 1. The van der Waals surface area contributed by atoms with Gasteiger partial charge in [0.15, 0.2) is 0 Å². The number of alkyl halides is 3. The van der Waals surface area contributed by atoms with E-state index < -0.39 is 10.6 Å². The van der Waals surface area contributed by atoms with Gasteiger partial charge >= 0.3 is 4.83 Å². The maximum absolute atomic E-state index is 12.4. The first kappa shape index (κ1) is 9.32. The third-order valence-electron chi connectivity index (χ3n) is 1.29. The van der Waals surface area contributed by atoms with Crippen LogP contribution in [0.4, 0.5) is 8.78 Å². The summed E-state index contributed by atoms with van der Waals surface area (Å²) in [6, 6.07) is 7.41. The van der Waals surface area contributed by atoms with Crippen LogP contribution in [-0.2, 0) is 0 Å². The van der Waals surface area contributed by atoms with Gasteiger partial charge in [0.1, 0.15) is 0 Å². The molecule has 0 saturated heterocycles. The SMILES string of the molecule is O=C(c1ccccc1)C(F)(F)Br. The lowest BCUT2D eigenvalue weighted by Crippen LogP contribution is -2.20. The third kappa shape index (κ3) is 2.11. The van der Waals surface area contributed by atoms with Crippen molar-refractivity contribution in [2.45, 2.75) is 4.83 Å². The molecule has 0 saturated carbocycles. The molecule has 0 aliphatic rings. The highest BCUT2D eigenvalue weighted by Gasteiger charge is 2.35. The Labute approximate surface area is 76.5 Å². The number of hydrogen-bond donors (Lipinski definition) is 0. The van der Waals surface area contributed by atoms with Crippen molar-refractivity contribution in [1.29, 1.82) is 0 Å². The Balaban J connectivity index is 2.94. The molecule has 0 heterocycles. The molecule has 1 aromatic carbocycles. The second-order valence-corrected chi connectivity index (χ2v) is 3.19. The van der Waals surface area contributed by atoms with Gasteiger partial charge in [0, 0.05) is 5.56 Å². The van der Waals surface area contributed by atoms with Crippen LogP contribution in [0.25, 0.3) is 0 Å². The molecule has 0 N–H and O–H groups in total. The van der Waals surface area contributed by atoms with E-state index in [-0.39, 0.29) is 5.56 Å². The second kappa shape index (κ2) is 3.31. The zero-order valence-corrected chi connectivity index (χ0v) is 7.51. The molecule has 0 atom stereocenters. The van der Waals surface area contributed by atoms with Crippen molar-refractivity contribution < 1.29 is 13.6 Å². The molecule has 1 rings (SSSR count). The van der Waals surface area contributed by atoms with E-state index in [0.29, 0.717) is 0 Å². The molecule has 0 radical (unpaired) electrons. The third-order valence-corrected chi connectivity index (χ3v) is 1.65. The van der Waals surface area contributed by atoms with Gasteiger partial charge in [0.25, 0.3) is 0 Å². The summed E-state index contributed by atoms with van der Waals surface area (Å²) >= 11 is 2.00. The summed E-state index contributed by atoms with van der Waals surface area (Å²) in [5.41, 5.74) is -0.000579. The number of carbonyl (C=O) groups excluding carboxylic acids is 1. The van der Waals surface area contributed by atoms with Crippen LogP contribution in [0.2, 0.25) is 0 Å². The zero-order chi connectivity index (χ0) is 9.19. The number of rotatable bonds is 2. The smallest absolute Gasteiger partial charge is 0.286 e. The minimum atomic E-state index is -3.46. The Morgan fingerprint density at radius 3 is 2.17 bits per heavy atom. The van der Waals surface area contributed by atoms with Gasteiger partial charge in [-0.2, -0.15) is 8.78 Å². The van der Waals surface area contributed by atoms with Crippen LogP contribution in [0.3, 0.4) is 0 Å². The largest absolute Gasteiger partial charge is 0.363 e. The van der Waals surface area contributed by atoms with Crippen molar-refractivity contribution >= 4 is 21.7 Å². The van der Waals surface area contributed by atoms with Crippen molar-refractivity contribution in [3.05, 3.63) is 35.9 Å². The number of halogens is 3. The first-order chi connectivity index (χ1) is 5.52. The lowest BCUT2D eigenvalue weighted by Gasteiger charge is -2.05. The molecule has 0 fully saturated rings. The molecule has 0 aromatic heterocycles. The summed E-state index contributed by atoms with van der Waals surface area (Å²) < 4.78 is 24.7. The molecule has 4 heteroatoms. The van der Waals surface area contributed by atoms with Crippen molar-refractivity contribution in [3.8, 4) is 0 Å².